The molecule has 2 nitrogen and oxygen atoms in total. The third kappa shape index (κ3) is 10.4. The molecule has 0 aliphatic carbocycles. The van der Waals surface area contributed by atoms with E-state index >= 15 is 0 Å². The van der Waals surface area contributed by atoms with Crippen LogP contribution in [0.3, 0.4) is 0 Å². The standard InChI is InChI=1S/C14H31NO/c1-5-7-8-9-10-14(4)16-12-11-13(3)15-6-2/h13-15H,5-12H2,1-4H3. The van der Waals surface area contributed by atoms with E-state index in [0.717, 1.165) is 19.6 Å². The molecule has 0 bridgehead atoms. The SMILES string of the molecule is CCCCCCC(C)OCCC(C)NCC. The molecule has 2 heteroatoms. The molecule has 0 aliphatic rings. The van der Waals surface area contributed by atoms with Gasteiger partial charge in [0.1, 0.15) is 0 Å². The van der Waals surface area contributed by atoms with Gasteiger partial charge in [0.2, 0.25) is 0 Å². The fourth-order valence-electron chi connectivity index (χ4n) is 1.84. The molecule has 0 aromatic heterocycles. The quantitative estimate of drug-likeness (QED) is 0.545. The molecule has 0 saturated carbocycles. The lowest BCUT2D eigenvalue weighted by atomic mass is 10.1. The fraction of sp³-hybridized carbons (Fsp3) is 1.00. The Bertz CT molecular complexity index is 139. The molecular weight excluding hydrogens is 198 g/mol. The Morgan fingerprint density at radius 1 is 1.00 bits per heavy atom. The van der Waals surface area contributed by atoms with E-state index in [9.17, 15) is 0 Å². The van der Waals surface area contributed by atoms with Crippen molar-refractivity contribution in [2.24, 2.45) is 0 Å². The van der Waals surface area contributed by atoms with Crippen molar-refractivity contribution in [3.8, 4) is 0 Å². The molecule has 0 amide bonds. The maximum atomic E-state index is 5.80. The average Bonchev–Trinajstić information content (AvgIpc) is 2.25. The molecule has 2 atom stereocenters. The van der Waals surface area contributed by atoms with E-state index in [4.69, 9.17) is 4.74 Å². The lowest BCUT2D eigenvalue weighted by Gasteiger charge is -2.16. The van der Waals surface area contributed by atoms with Crippen LogP contribution in [0.1, 0.15) is 66.2 Å². The van der Waals surface area contributed by atoms with E-state index in [1.54, 1.807) is 0 Å². The summed E-state index contributed by atoms with van der Waals surface area (Å²) >= 11 is 0. The zero-order valence-electron chi connectivity index (χ0n) is 11.7. The Morgan fingerprint density at radius 2 is 1.75 bits per heavy atom. The molecule has 0 radical (unpaired) electrons. The number of hydrogen-bond donors (Lipinski definition) is 1. The summed E-state index contributed by atoms with van der Waals surface area (Å²) < 4.78 is 5.80. The van der Waals surface area contributed by atoms with Crippen molar-refractivity contribution in [2.75, 3.05) is 13.2 Å². The molecule has 1 N–H and O–H groups in total. The van der Waals surface area contributed by atoms with E-state index in [-0.39, 0.29) is 0 Å². The second-order valence-corrected chi connectivity index (χ2v) is 4.78. The highest BCUT2D eigenvalue weighted by atomic mass is 16.5. The van der Waals surface area contributed by atoms with Crippen LogP contribution in [0.4, 0.5) is 0 Å². The van der Waals surface area contributed by atoms with Crippen LogP contribution in [0, 0.1) is 0 Å². The first kappa shape index (κ1) is 15.9. The molecule has 0 saturated heterocycles. The van der Waals surface area contributed by atoms with Crippen LogP contribution in [0.15, 0.2) is 0 Å². The molecular formula is C14H31NO. The lowest BCUT2D eigenvalue weighted by molar-refractivity contribution is 0.0531. The first-order chi connectivity index (χ1) is 7.70. The normalized spacial score (nSPS) is 15.0. The summed E-state index contributed by atoms with van der Waals surface area (Å²) in [5.74, 6) is 0. The van der Waals surface area contributed by atoms with E-state index in [0.29, 0.717) is 12.1 Å². The second kappa shape index (κ2) is 11.4. The van der Waals surface area contributed by atoms with Crippen molar-refractivity contribution in [3.05, 3.63) is 0 Å². The van der Waals surface area contributed by atoms with E-state index in [2.05, 4.69) is 33.0 Å². The summed E-state index contributed by atoms with van der Waals surface area (Å²) in [6.07, 6.45) is 8.13. The number of hydrogen-bond acceptors (Lipinski definition) is 2. The maximum Gasteiger partial charge on any atom is 0.0547 e. The van der Waals surface area contributed by atoms with Gasteiger partial charge in [-0.05, 0) is 33.2 Å². The van der Waals surface area contributed by atoms with Gasteiger partial charge in [0, 0.05) is 12.6 Å². The van der Waals surface area contributed by atoms with Crippen LogP contribution in [-0.2, 0) is 4.74 Å². The smallest absolute Gasteiger partial charge is 0.0547 e. The van der Waals surface area contributed by atoms with Gasteiger partial charge in [-0.2, -0.15) is 0 Å². The third-order valence-corrected chi connectivity index (χ3v) is 2.97. The van der Waals surface area contributed by atoms with Gasteiger partial charge in [-0.3, -0.25) is 0 Å². The predicted octanol–water partition coefficient (Wildman–Crippen LogP) is 3.75. The minimum Gasteiger partial charge on any atom is -0.378 e. The van der Waals surface area contributed by atoms with Gasteiger partial charge in [-0.1, -0.05) is 39.5 Å². The minimum atomic E-state index is 0.436. The Hall–Kier alpha value is -0.0800. The van der Waals surface area contributed by atoms with E-state index in [1.807, 2.05) is 0 Å². The molecule has 0 rings (SSSR count). The highest BCUT2D eigenvalue weighted by Crippen LogP contribution is 2.08. The van der Waals surface area contributed by atoms with Gasteiger partial charge in [0.25, 0.3) is 0 Å². The summed E-state index contributed by atoms with van der Waals surface area (Å²) in [5.41, 5.74) is 0. The lowest BCUT2D eigenvalue weighted by Crippen LogP contribution is -2.27. The van der Waals surface area contributed by atoms with Gasteiger partial charge >= 0.3 is 0 Å². The van der Waals surface area contributed by atoms with Crippen LogP contribution in [0.25, 0.3) is 0 Å². The van der Waals surface area contributed by atoms with Crippen LogP contribution in [-0.4, -0.2) is 25.3 Å². The molecule has 0 aromatic rings. The Morgan fingerprint density at radius 3 is 2.38 bits per heavy atom. The summed E-state index contributed by atoms with van der Waals surface area (Å²) in [4.78, 5) is 0. The number of rotatable bonds is 11. The van der Waals surface area contributed by atoms with Crippen LogP contribution >= 0.6 is 0 Å². The van der Waals surface area contributed by atoms with Crippen molar-refractivity contribution in [3.63, 3.8) is 0 Å². The van der Waals surface area contributed by atoms with Crippen molar-refractivity contribution in [1.82, 2.24) is 5.32 Å². The third-order valence-electron chi connectivity index (χ3n) is 2.97. The summed E-state index contributed by atoms with van der Waals surface area (Å²) in [6, 6.07) is 0.581. The predicted molar refractivity (Wildman–Crippen MR) is 71.9 cm³/mol. The maximum absolute atomic E-state index is 5.80. The molecule has 0 spiro atoms. The highest BCUT2D eigenvalue weighted by molar-refractivity contribution is 4.59. The van der Waals surface area contributed by atoms with Gasteiger partial charge in [-0.15, -0.1) is 0 Å². The first-order valence-electron chi connectivity index (χ1n) is 7.05. The van der Waals surface area contributed by atoms with Crippen molar-refractivity contribution >= 4 is 0 Å². The zero-order chi connectivity index (χ0) is 12.2. The van der Waals surface area contributed by atoms with Crippen LogP contribution in [0.5, 0.6) is 0 Å². The number of unbranched alkanes of at least 4 members (excludes halogenated alkanes) is 3. The van der Waals surface area contributed by atoms with Crippen molar-refractivity contribution in [2.45, 2.75) is 78.4 Å². The zero-order valence-corrected chi connectivity index (χ0v) is 11.7. The molecule has 0 fully saturated rings. The van der Waals surface area contributed by atoms with Crippen molar-refractivity contribution in [1.29, 1.82) is 0 Å². The molecule has 16 heavy (non-hydrogen) atoms. The van der Waals surface area contributed by atoms with Crippen LogP contribution in [0.2, 0.25) is 0 Å². The molecule has 0 heterocycles. The van der Waals surface area contributed by atoms with Gasteiger partial charge in [-0.25, -0.2) is 0 Å². The fourth-order valence-corrected chi connectivity index (χ4v) is 1.84. The molecule has 2 unspecified atom stereocenters. The summed E-state index contributed by atoms with van der Waals surface area (Å²) in [5, 5.41) is 3.40. The van der Waals surface area contributed by atoms with Crippen LogP contribution < -0.4 is 5.32 Å². The summed E-state index contributed by atoms with van der Waals surface area (Å²) in [7, 11) is 0. The Balaban J connectivity index is 3.26. The molecule has 0 aromatic carbocycles. The Kier molecular flexibility index (Phi) is 11.3. The van der Waals surface area contributed by atoms with Gasteiger partial charge < -0.3 is 10.1 Å². The van der Waals surface area contributed by atoms with E-state index < -0.39 is 0 Å². The summed E-state index contributed by atoms with van der Waals surface area (Å²) in [6.45, 7) is 10.8. The largest absolute Gasteiger partial charge is 0.378 e. The van der Waals surface area contributed by atoms with E-state index in [1.165, 1.54) is 32.1 Å². The average molecular weight is 229 g/mol. The van der Waals surface area contributed by atoms with Gasteiger partial charge in [0.05, 0.1) is 6.10 Å². The number of nitrogens with one attached hydrogen (secondary N) is 1. The second-order valence-electron chi connectivity index (χ2n) is 4.78. The topological polar surface area (TPSA) is 21.3 Å². The molecule has 0 aliphatic heterocycles. The Labute approximate surface area is 102 Å². The molecule has 98 valence electrons. The monoisotopic (exact) mass is 229 g/mol. The van der Waals surface area contributed by atoms with Gasteiger partial charge in [0.15, 0.2) is 0 Å². The minimum absolute atomic E-state index is 0.436. The number of ether oxygens (including phenoxy) is 1. The first-order valence-corrected chi connectivity index (χ1v) is 7.05. The highest BCUT2D eigenvalue weighted by Gasteiger charge is 2.04. The van der Waals surface area contributed by atoms with Crippen molar-refractivity contribution < 1.29 is 4.74 Å².